The Labute approximate surface area is 210 Å². The summed E-state index contributed by atoms with van der Waals surface area (Å²) >= 11 is 6.87. The third kappa shape index (κ3) is 4.76. The number of amides is 1. The van der Waals surface area contributed by atoms with Gasteiger partial charge in [-0.3, -0.25) is 14.9 Å². The van der Waals surface area contributed by atoms with Crippen LogP contribution in [0.15, 0.2) is 42.6 Å². The molecule has 1 N–H and O–H groups in total. The van der Waals surface area contributed by atoms with Gasteiger partial charge in [0, 0.05) is 16.7 Å². The molecule has 0 saturated heterocycles. The second kappa shape index (κ2) is 9.01. The predicted octanol–water partition coefficient (Wildman–Crippen LogP) is 6.51. The third-order valence-corrected chi connectivity index (χ3v) is 7.73. The van der Waals surface area contributed by atoms with Crippen molar-refractivity contribution >= 4 is 50.7 Å². The van der Waals surface area contributed by atoms with Crippen LogP contribution in [0.2, 0.25) is 5.02 Å². The van der Waals surface area contributed by atoms with Crippen LogP contribution in [0.5, 0.6) is 0 Å². The van der Waals surface area contributed by atoms with E-state index >= 15 is 0 Å². The molecule has 1 aliphatic rings. The zero-order chi connectivity index (χ0) is 24.7. The fraction of sp³-hybridized carbons (Fsp3) is 0.333. The monoisotopic (exact) mass is 510 g/mol. The number of nitrogens with one attached hydrogen (secondary N) is 1. The lowest BCUT2D eigenvalue weighted by Crippen LogP contribution is -2.24. The van der Waals surface area contributed by atoms with E-state index in [1.807, 2.05) is 16.8 Å². The Hall–Kier alpha value is -3.37. The number of hydrogen-bond donors (Lipinski definition) is 1. The van der Waals surface area contributed by atoms with Gasteiger partial charge in [0.1, 0.15) is 5.82 Å². The molecule has 0 radical (unpaired) electrons. The number of fused-ring (bicyclic) bond motifs is 1. The van der Waals surface area contributed by atoms with Crippen molar-refractivity contribution in [3.8, 4) is 11.4 Å². The van der Waals surface area contributed by atoms with Crippen molar-refractivity contribution in [3.63, 3.8) is 0 Å². The standard InChI is InChI=1S/C24H23ClN6O3S/c1-24(2)11-9-16(10-12-24)30-22-17(13-26-30)21(27-20(28-22)14-3-5-15(25)6-4-14)29-23(32)18-7-8-19(35-18)31(33)34/h3-8,13,16H,9-12H2,1-2H3,(H,27,28,29,32). The zero-order valence-electron chi connectivity index (χ0n) is 19.2. The molecule has 1 amide bonds. The average molecular weight is 511 g/mol. The van der Waals surface area contributed by atoms with Crippen LogP contribution in [-0.2, 0) is 0 Å². The minimum atomic E-state index is -0.515. The molecule has 11 heteroatoms. The van der Waals surface area contributed by atoms with E-state index in [2.05, 4.69) is 29.2 Å². The van der Waals surface area contributed by atoms with Gasteiger partial charge in [0.05, 0.1) is 27.4 Å². The number of hydrogen-bond acceptors (Lipinski definition) is 7. The molecule has 0 atom stereocenters. The highest BCUT2D eigenvalue weighted by molar-refractivity contribution is 7.17. The molecule has 5 rings (SSSR count). The zero-order valence-corrected chi connectivity index (χ0v) is 20.8. The Bertz CT molecular complexity index is 1420. The normalized spacial score (nSPS) is 15.9. The van der Waals surface area contributed by atoms with Gasteiger partial charge in [0.25, 0.3) is 5.91 Å². The summed E-state index contributed by atoms with van der Waals surface area (Å²) in [5, 5.41) is 19.6. The maximum Gasteiger partial charge on any atom is 0.324 e. The molecule has 1 fully saturated rings. The molecule has 0 spiro atoms. The average Bonchev–Trinajstić information content (AvgIpc) is 3.48. The van der Waals surface area contributed by atoms with E-state index in [9.17, 15) is 14.9 Å². The molecule has 0 aliphatic heterocycles. The molecule has 9 nitrogen and oxygen atoms in total. The number of thiophene rings is 1. The van der Waals surface area contributed by atoms with Crippen LogP contribution in [0.1, 0.15) is 55.2 Å². The fourth-order valence-electron chi connectivity index (χ4n) is 4.36. The highest BCUT2D eigenvalue weighted by Crippen LogP contribution is 2.41. The molecule has 35 heavy (non-hydrogen) atoms. The first-order valence-corrected chi connectivity index (χ1v) is 12.5. The van der Waals surface area contributed by atoms with Crippen molar-refractivity contribution in [2.75, 3.05) is 5.32 Å². The van der Waals surface area contributed by atoms with Gasteiger partial charge in [0.2, 0.25) is 0 Å². The first-order chi connectivity index (χ1) is 16.7. The molecule has 3 aromatic heterocycles. The van der Waals surface area contributed by atoms with Gasteiger partial charge < -0.3 is 5.32 Å². The number of nitrogens with zero attached hydrogens (tertiary/aromatic N) is 5. The van der Waals surface area contributed by atoms with Crippen LogP contribution in [0, 0.1) is 15.5 Å². The summed E-state index contributed by atoms with van der Waals surface area (Å²) in [7, 11) is 0. The Kier molecular flexibility index (Phi) is 6.02. The maximum atomic E-state index is 12.9. The SMILES string of the molecule is CC1(C)CCC(n2ncc3c(NC(=O)c4ccc([N+](=O)[O-])s4)nc(-c4ccc(Cl)cc4)nc32)CC1. The number of aromatic nitrogens is 4. The summed E-state index contributed by atoms with van der Waals surface area (Å²) in [5.74, 6) is 0.264. The summed E-state index contributed by atoms with van der Waals surface area (Å²) in [6.07, 6.45) is 5.84. The van der Waals surface area contributed by atoms with Gasteiger partial charge in [-0.1, -0.05) is 36.8 Å². The van der Waals surface area contributed by atoms with Crippen molar-refractivity contribution in [1.82, 2.24) is 19.7 Å². The third-order valence-electron chi connectivity index (χ3n) is 6.44. The van der Waals surface area contributed by atoms with E-state index in [0.29, 0.717) is 33.1 Å². The maximum absolute atomic E-state index is 12.9. The Morgan fingerprint density at radius 2 is 1.89 bits per heavy atom. The first kappa shape index (κ1) is 23.4. The van der Waals surface area contributed by atoms with E-state index in [1.54, 1.807) is 18.3 Å². The molecule has 0 unspecified atom stereocenters. The fourth-order valence-corrected chi connectivity index (χ4v) is 5.20. The van der Waals surface area contributed by atoms with E-state index in [0.717, 1.165) is 42.6 Å². The summed E-state index contributed by atoms with van der Waals surface area (Å²) in [4.78, 5) is 33.1. The number of nitro groups is 1. The molecule has 180 valence electrons. The minimum absolute atomic E-state index is 0.0992. The van der Waals surface area contributed by atoms with Gasteiger partial charge in [-0.25, -0.2) is 14.6 Å². The second-order valence-electron chi connectivity index (χ2n) is 9.47. The molecule has 0 bridgehead atoms. The van der Waals surface area contributed by atoms with Crippen LogP contribution in [0.3, 0.4) is 0 Å². The lowest BCUT2D eigenvalue weighted by molar-refractivity contribution is -0.380. The highest BCUT2D eigenvalue weighted by atomic mass is 35.5. The number of carbonyl (C=O) groups excluding carboxylic acids is 1. The van der Waals surface area contributed by atoms with Crippen LogP contribution in [0.4, 0.5) is 10.8 Å². The van der Waals surface area contributed by atoms with Gasteiger partial charge in [-0.2, -0.15) is 5.10 Å². The van der Waals surface area contributed by atoms with E-state index in [-0.39, 0.29) is 15.9 Å². The number of halogens is 1. The summed E-state index contributed by atoms with van der Waals surface area (Å²) in [6.45, 7) is 4.57. The molecule has 1 saturated carbocycles. The van der Waals surface area contributed by atoms with Crippen molar-refractivity contribution in [1.29, 1.82) is 0 Å². The first-order valence-electron chi connectivity index (χ1n) is 11.3. The lowest BCUT2D eigenvalue weighted by Gasteiger charge is -2.34. The van der Waals surface area contributed by atoms with Gasteiger partial charge >= 0.3 is 5.00 Å². The Morgan fingerprint density at radius 3 is 2.54 bits per heavy atom. The van der Waals surface area contributed by atoms with Crippen molar-refractivity contribution in [3.05, 3.63) is 62.6 Å². The molecule has 1 aromatic carbocycles. The molecule has 4 aromatic rings. The van der Waals surface area contributed by atoms with Crippen molar-refractivity contribution in [2.45, 2.75) is 45.6 Å². The number of carbonyl (C=O) groups is 1. The van der Waals surface area contributed by atoms with E-state index in [4.69, 9.17) is 16.6 Å². The molecule has 1 aliphatic carbocycles. The Balaban J connectivity index is 1.56. The van der Waals surface area contributed by atoms with Crippen LogP contribution in [0.25, 0.3) is 22.4 Å². The summed E-state index contributed by atoms with van der Waals surface area (Å²) in [5.41, 5.74) is 1.70. The number of benzene rings is 1. The van der Waals surface area contributed by atoms with Crippen LogP contribution >= 0.6 is 22.9 Å². The van der Waals surface area contributed by atoms with Crippen molar-refractivity contribution in [2.24, 2.45) is 5.41 Å². The lowest BCUT2D eigenvalue weighted by atomic mass is 9.75. The smallest absolute Gasteiger partial charge is 0.305 e. The Morgan fingerprint density at radius 1 is 1.17 bits per heavy atom. The number of anilines is 1. The predicted molar refractivity (Wildman–Crippen MR) is 136 cm³/mol. The van der Waals surface area contributed by atoms with Crippen molar-refractivity contribution < 1.29 is 9.72 Å². The van der Waals surface area contributed by atoms with Gasteiger partial charge in [-0.05, 0) is 61.4 Å². The minimum Gasteiger partial charge on any atom is -0.305 e. The van der Waals surface area contributed by atoms with Crippen LogP contribution in [-0.4, -0.2) is 30.6 Å². The van der Waals surface area contributed by atoms with Gasteiger partial charge in [0.15, 0.2) is 11.5 Å². The molecular formula is C24H23ClN6O3S. The highest BCUT2D eigenvalue weighted by Gasteiger charge is 2.30. The largest absolute Gasteiger partial charge is 0.324 e. The second-order valence-corrected chi connectivity index (χ2v) is 11.0. The number of rotatable bonds is 5. The van der Waals surface area contributed by atoms with E-state index < -0.39 is 10.8 Å². The summed E-state index contributed by atoms with van der Waals surface area (Å²) in [6, 6.07) is 10.1. The van der Waals surface area contributed by atoms with Gasteiger partial charge in [-0.15, -0.1) is 0 Å². The molecule has 3 heterocycles. The van der Waals surface area contributed by atoms with E-state index in [1.165, 1.54) is 12.1 Å². The van der Waals surface area contributed by atoms with Crippen LogP contribution < -0.4 is 5.32 Å². The summed E-state index contributed by atoms with van der Waals surface area (Å²) < 4.78 is 1.94. The molecular weight excluding hydrogens is 488 g/mol. The topological polar surface area (TPSA) is 116 Å². The quantitative estimate of drug-likeness (QED) is 0.241.